The molecule has 20 heterocycles. The molecule has 0 aromatic carbocycles. The van der Waals surface area contributed by atoms with E-state index in [0.717, 1.165) is 186 Å². The first-order valence-corrected chi connectivity index (χ1v) is 51.1. The Labute approximate surface area is 894 Å². The van der Waals surface area contributed by atoms with Crippen LogP contribution in [0, 0.1) is 0 Å². The summed E-state index contributed by atoms with van der Waals surface area (Å²) in [5.41, 5.74) is 5.62. The van der Waals surface area contributed by atoms with Crippen molar-refractivity contribution in [1.82, 2.24) is 103 Å². The van der Waals surface area contributed by atoms with E-state index in [1.807, 2.05) is 62.7 Å². The van der Waals surface area contributed by atoms with Crippen molar-refractivity contribution in [2.45, 2.75) is 141 Å². The molecule has 11 fully saturated rings. The number of imidazole rings is 4. The summed E-state index contributed by atoms with van der Waals surface area (Å²) in [7, 11) is 9.74. The number of carbonyl (C=O) groups is 6. The molecule has 0 spiro atoms. The summed E-state index contributed by atoms with van der Waals surface area (Å²) in [6.07, 6.45) is 4.77. The van der Waals surface area contributed by atoms with Gasteiger partial charge in [0.05, 0.1) is 105 Å². The number of ketones is 1. The summed E-state index contributed by atoms with van der Waals surface area (Å²) in [6, 6.07) is 4.85. The molecule has 0 atom stereocenters. The van der Waals surface area contributed by atoms with Gasteiger partial charge in [0.15, 0.2) is 79.5 Å². The average molecular weight is 2190 g/mol. The molecule has 3 N–H and O–H groups in total. The first-order valence-electron chi connectivity index (χ1n) is 48.0. The number of amides is 1. The van der Waals surface area contributed by atoms with Crippen LogP contribution in [0.3, 0.4) is 0 Å². The number of piperidine rings is 4. The number of sulfonamides is 1. The van der Waals surface area contributed by atoms with E-state index >= 15 is 0 Å². The number of fused-ring (bicyclic) bond motifs is 4. The molecule has 3 radical (unpaired) electrons. The van der Waals surface area contributed by atoms with Gasteiger partial charge in [0, 0.05) is 165 Å². The second kappa shape index (κ2) is 54.6. The van der Waals surface area contributed by atoms with Crippen molar-refractivity contribution in [1.29, 1.82) is 0 Å². The number of Topliss-reactive ketones (excluding diaryl/α,β-unsaturated/α-hetero) is 1. The molecular weight excluding hydrogens is 2060 g/mol. The molecule has 11 aliphatic rings. The number of aliphatic carboxylic acids is 1. The number of methoxy groups -OCH3 is 1. The number of morpholine rings is 4. The molecule has 0 bridgehead atoms. The number of carbonyl (C=O) groups excluding carboxylic acids is 5. The molecule has 1 amide bonds. The normalized spacial score (nSPS) is 18.4. The van der Waals surface area contributed by atoms with E-state index in [9.17, 15) is 45.6 Å². The van der Waals surface area contributed by atoms with Gasteiger partial charge >= 0.3 is 59.7 Å². The van der Waals surface area contributed by atoms with Crippen molar-refractivity contribution in [2.24, 2.45) is 28.2 Å². The Hall–Kier alpha value is -10.6. The van der Waals surface area contributed by atoms with Crippen molar-refractivity contribution >= 4 is 162 Å². The number of hydrogen-bond acceptors (Lipinski definition) is 44. The van der Waals surface area contributed by atoms with Crippen LogP contribution >= 0.6 is 34.8 Å². The molecule has 811 valence electrons. The van der Waals surface area contributed by atoms with Crippen molar-refractivity contribution in [3.05, 3.63) is 28.1 Å². The van der Waals surface area contributed by atoms with E-state index in [-0.39, 0.29) is 93.3 Å². The molecule has 11 saturated heterocycles. The number of rotatable bonds is 18. The van der Waals surface area contributed by atoms with Crippen LogP contribution in [-0.4, -0.2) is 414 Å². The van der Waals surface area contributed by atoms with Gasteiger partial charge in [0.1, 0.15) is 48.9 Å². The minimum Gasteiger partial charge on any atom is -0.793 e. The summed E-state index contributed by atoms with van der Waals surface area (Å²) in [4.78, 5) is 142. The standard InChI is InChI=1S/C25H34N8O6S.C20H29ClN6O4.C18H25ClN6O3.C15H21ClN6O2.C4H6O4.C3H4O2.C2H3BO2.C2HF3O2.Na/c1-31-22-20(27-25(31)39-18-4-6-32(7-5-18)17-14-38-15-17)23(33-8-10-37-11-9-33)29-21(28-22)16-12-19(30-40(3,34)35)24(36-2)26-13-16;1-20(2,3)31-19(28)27-7-5-13(6-8-27)30-18-22-14-15(25(18)4)23-17(21)24-16(14)26-9-11-29-12-10-26;1-23-15-14(16(22-17(19)21-15)25-6-8-26-9-7-25)20-18(23)28-13-2-4-24(5-3-13)12-10-27-11-12;1-21-12-11(18-15(21)24-10-2-4-17-5-3-10)13(20-14(16)19-12)22-6-8-23-9-7-22;1-3(5)7-8-4(2)6;4-3-1-5-2-3;1-2(4)5-3;3-2(4,5)1(6)7;/h12-13,17-18,30H,4-11,14-15H2,1-3H3;13H,5-12H2,1-4H3;12-13H,2-11H2,1H3;10,17H,2-9H2,1H3;1-2H3;1-2H2;1H3;(H,6,7);/q;;;;;;-1;;+1. The topological polar surface area (TPSA) is 539 Å². The fraction of sp³-hybridized carbons (Fsp3) is 0.652. The Morgan fingerprint density at radius 2 is 0.799 bits per heavy atom. The third-order valence-corrected chi connectivity index (χ3v) is 25.4. The second-order valence-corrected chi connectivity index (χ2v) is 39.2. The third-order valence-electron chi connectivity index (χ3n) is 24.3. The number of aryl methyl sites for hydroxylation is 4. The van der Waals surface area contributed by atoms with Gasteiger partial charge in [-0.05, 0) is 113 Å². The maximum Gasteiger partial charge on any atom is 1.00 e. The van der Waals surface area contributed by atoms with Gasteiger partial charge in [-0.25, -0.2) is 52.3 Å². The third kappa shape index (κ3) is 33.2. The Bertz CT molecular complexity index is 6100. The number of likely N-dealkylation sites (tertiary alicyclic amines) is 3. The van der Waals surface area contributed by atoms with Gasteiger partial charge in [0.25, 0.3) is 24.0 Å². The monoisotopic (exact) mass is 2180 g/mol. The average Bonchev–Trinajstić information content (AvgIpc) is 1.63. The molecule has 11 aliphatic heterocycles. The summed E-state index contributed by atoms with van der Waals surface area (Å²) < 4.78 is 142. The zero-order chi connectivity index (χ0) is 106. The van der Waals surface area contributed by atoms with Gasteiger partial charge in [-0.3, -0.25) is 42.4 Å². The number of hydrogen-bond donors (Lipinski definition) is 3. The predicted molar refractivity (Wildman–Crippen MR) is 529 cm³/mol. The van der Waals surface area contributed by atoms with Gasteiger partial charge in [0.2, 0.25) is 37.7 Å². The molecular formula is C89H123BCl3F3N26NaO25S. The number of aromatic nitrogens is 17. The number of anilines is 5. The van der Waals surface area contributed by atoms with Crippen LogP contribution in [-0.2, 0) is 115 Å². The number of halogens is 6. The molecule has 20 rings (SSSR count). The van der Waals surface area contributed by atoms with Crippen molar-refractivity contribution in [3.63, 3.8) is 0 Å². The minimum atomic E-state index is -5.08. The number of pyridine rings is 1. The molecule has 0 aliphatic carbocycles. The van der Waals surface area contributed by atoms with E-state index in [4.69, 9.17) is 126 Å². The number of ether oxygens (including phenoxy) is 13. The van der Waals surface area contributed by atoms with Crippen LogP contribution < -0.4 is 82.9 Å². The Balaban J connectivity index is 0.000000164. The summed E-state index contributed by atoms with van der Waals surface area (Å²) in [5, 5.41) is 11.1. The van der Waals surface area contributed by atoms with Crippen LogP contribution in [0.2, 0.25) is 15.9 Å². The van der Waals surface area contributed by atoms with E-state index in [0.29, 0.717) is 198 Å². The summed E-state index contributed by atoms with van der Waals surface area (Å²) in [5.74, 6) is -0.886. The maximum atomic E-state index is 12.3. The smallest absolute Gasteiger partial charge is 0.793 e. The summed E-state index contributed by atoms with van der Waals surface area (Å²) >= 11 is 18.5. The molecule has 0 saturated carbocycles. The van der Waals surface area contributed by atoms with Crippen LogP contribution in [0.4, 0.5) is 46.9 Å². The number of carboxylic acids is 1. The van der Waals surface area contributed by atoms with Crippen molar-refractivity contribution in [2.75, 3.05) is 235 Å². The van der Waals surface area contributed by atoms with Crippen LogP contribution in [0.15, 0.2) is 12.3 Å². The van der Waals surface area contributed by atoms with E-state index < -0.39 is 45.7 Å². The number of carboxylic acid groups (broad SMARTS) is 1. The number of nitrogens with zero attached hydrogens (tertiary/aromatic N) is 24. The number of alkyl halides is 3. The molecule has 0 unspecified atom stereocenters. The fourth-order valence-corrected chi connectivity index (χ4v) is 17.5. The molecule has 60 heteroatoms. The zero-order valence-electron chi connectivity index (χ0n) is 85.2. The largest absolute Gasteiger partial charge is 1.00 e. The quantitative estimate of drug-likeness (QED) is 0.0481. The van der Waals surface area contributed by atoms with Gasteiger partial charge in [-0.15, -0.1) is 0 Å². The summed E-state index contributed by atoms with van der Waals surface area (Å²) in [6.45, 7) is 31.2. The zero-order valence-corrected chi connectivity index (χ0v) is 90.3. The second-order valence-electron chi connectivity index (χ2n) is 36.4. The molecule has 9 aromatic rings. The first kappa shape index (κ1) is 117. The van der Waals surface area contributed by atoms with Gasteiger partial charge in [-0.1, -0.05) is 0 Å². The van der Waals surface area contributed by atoms with Crippen LogP contribution in [0.1, 0.15) is 92.9 Å². The van der Waals surface area contributed by atoms with Gasteiger partial charge < -0.3 is 109 Å². The van der Waals surface area contributed by atoms with Crippen molar-refractivity contribution in [3.8, 4) is 41.3 Å². The van der Waals surface area contributed by atoms with Crippen LogP contribution in [0.25, 0.3) is 56.0 Å². The Morgan fingerprint density at radius 1 is 0.483 bits per heavy atom. The van der Waals surface area contributed by atoms with E-state index in [1.54, 1.807) is 21.7 Å². The minimum absolute atomic E-state index is 0. The molecule has 51 nitrogen and oxygen atoms in total. The van der Waals surface area contributed by atoms with E-state index in [2.05, 4.69) is 107 Å². The van der Waals surface area contributed by atoms with E-state index in [1.165, 1.54) is 14.0 Å². The SMILES string of the molecule is CC(=O)OOC(C)=O.COc1ncc(-c2nc(N3CCOCC3)c3nc(OC4CCN(C5COC5)CC4)n(C)c3n2)cc1NS(C)(=O)=O.Cn1c(OC2CCN(C(=O)OC(C)(C)C)CC2)nc2c(N3CCOCC3)nc(Cl)nc21.Cn1c(OC2CCN(C3COC3)CC2)nc2c(N3CCOCC3)nc(Cl)nc21.Cn1c(OC2CCNCC2)nc2c(N3CCOCC3)nc(Cl)nc21.O=C(O)C(F)(F)F.O=C1COC1.[B-]OC(C)=O.[Na+]. The Kier molecular flexibility index (Phi) is 42.9. The number of nitrogens with one attached hydrogen (secondary N) is 2. The Morgan fingerprint density at radius 3 is 1.07 bits per heavy atom. The first-order chi connectivity index (χ1) is 70.6. The molecule has 149 heavy (non-hydrogen) atoms. The maximum absolute atomic E-state index is 12.3. The predicted octanol–water partition coefficient (Wildman–Crippen LogP) is 2.48. The van der Waals surface area contributed by atoms with Gasteiger partial charge in [-0.2, -0.15) is 63.0 Å². The van der Waals surface area contributed by atoms with Crippen LogP contribution in [0.5, 0.6) is 29.9 Å². The van der Waals surface area contributed by atoms with Crippen molar-refractivity contribution < 1.29 is 161 Å². The molecule has 9 aromatic heterocycles. The fourth-order valence-electron chi connectivity index (χ4n) is 16.5.